The molecule has 0 amide bonds. The predicted molar refractivity (Wildman–Crippen MR) is 39.8 cm³/mol. The van der Waals surface area contributed by atoms with Crippen LogP contribution in [0.25, 0.3) is 0 Å². The number of hydrogen-bond donors (Lipinski definition) is 2. The minimum atomic E-state index is -4.81. The SMILES string of the molecule is Nc1cccc([Se](=O)(=O)O)c1. The average molecular weight is 220 g/mol. The van der Waals surface area contributed by atoms with Crippen LogP contribution in [-0.4, -0.2) is 17.2 Å². The first-order chi connectivity index (χ1) is 5.00. The van der Waals surface area contributed by atoms with E-state index in [9.17, 15) is 7.67 Å². The van der Waals surface area contributed by atoms with Crippen molar-refractivity contribution in [3.63, 3.8) is 0 Å². The maximum atomic E-state index is 10.6. The first kappa shape index (κ1) is 8.20. The summed E-state index contributed by atoms with van der Waals surface area (Å²) in [6.07, 6.45) is 0. The van der Waals surface area contributed by atoms with Crippen molar-refractivity contribution >= 4 is 23.2 Å². The molecule has 0 unspecified atom stereocenters. The molecule has 0 aliphatic carbocycles. The van der Waals surface area contributed by atoms with E-state index in [1.807, 2.05) is 0 Å². The number of nitrogen functional groups attached to an aromatic ring is 1. The van der Waals surface area contributed by atoms with Gasteiger partial charge < -0.3 is 0 Å². The van der Waals surface area contributed by atoms with E-state index < -0.39 is 13.0 Å². The van der Waals surface area contributed by atoms with Crippen molar-refractivity contribution in [3.05, 3.63) is 24.3 Å². The van der Waals surface area contributed by atoms with Gasteiger partial charge in [-0.1, -0.05) is 0 Å². The number of rotatable bonds is 1. The van der Waals surface area contributed by atoms with E-state index in [1.54, 1.807) is 6.07 Å². The van der Waals surface area contributed by atoms with Crippen LogP contribution in [0.4, 0.5) is 5.69 Å². The molecular weight excluding hydrogens is 213 g/mol. The predicted octanol–water partition coefficient (Wildman–Crippen LogP) is -0.732. The summed E-state index contributed by atoms with van der Waals surface area (Å²) in [5.41, 5.74) is 5.62. The molecule has 4 nitrogen and oxygen atoms in total. The van der Waals surface area contributed by atoms with Crippen LogP contribution in [0, 0.1) is 0 Å². The molecule has 0 heterocycles. The molecular formula is C6H7NO3Se. The monoisotopic (exact) mass is 221 g/mol. The average Bonchev–Trinajstić information content (AvgIpc) is 1.86. The topological polar surface area (TPSA) is 80.4 Å². The fraction of sp³-hybridized carbons (Fsp3) is 0. The molecule has 5 heteroatoms. The summed E-state index contributed by atoms with van der Waals surface area (Å²) < 4.78 is 29.6. The van der Waals surface area contributed by atoms with Gasteiger partial charge in [0, 0.05) is 0 Å². The Morgan fingerprint density at radius 2 is 2.00 bits per heavy atom. The summed E-state index contributed by atoms with van der Waals surface area (Å²) in [6, 6.07) is 5.55. The van der Waals surface area contributed by atoms with Crippen LogP contribution in [0.2, 0.25) is 0 Å². The van der Waals surface area contributed by atoms with Crippen LogP contribution < -0.4 is 10.2 Å². The molecule has 0 atom stereocenters. The third-order valence-electron chi connectivity index (χ3n) is 1.16. The van der Waals surface area contributed by atoms with Crippen molar-refractivity contribution in [2.75, 3.05) is 5.73 Å². The Morgan fingerprint density at radius 1 is 1.36 bits per heavy atom. The Kier molecular flexibility index (Phi) is 1.95. The van der Waals surface area contributed by atoms with E-state index in [0.29, 0.717) is 5.69 Å². The summed E-state index contributed by atoms with van der Waals surface area (Å²) >= 11 is -4.81. The molecule has 60 valence electrons. The molecule has 0 aliphatic heterocycles. The van der Waals surface area contributed by atoms with Gasteiger partial charge >= 0.3 is 65.0 Å². The summed E-state index contributed by atoms with van der Waals surface area (Å²) in [5.74, 6) is 0. The van der Waals surface area contributed by atoms with Gasteiger partial charge in [-0.15, -0.1) is 0 Å². The van der Waals surface area contributed by atoms with E-state index >= 15 is 0 Å². The van der Waals surface area contributed by atoms with Gasteiger partial charge in [0.1, 0.15) is 0 Å². The molecule has 0 radical (unpaired) electrons. The van der Waals surface area contributed by atoms with E-state index in [0.717, 1.165) is 0 Å². The van der Waals surface area contributed by atoms with Gasteiger partial charge in [-0.25, -0.2) is 0 Å². The molecule has 1 aromatic rings. The Morgan fingerprint density at radius 3 is 2.36 bits per heavy atom. The quantitative estimate of drug-likeness (QED) is 0.483. The summed E-state index contributed by atoms with van der Waals surface area (Å²) in [7, 11) is 0. The van der Waals surface area contributed by atoms with Crippen molar-refractivity contribution in [3.8, 4) is 0 Å². The Bertz CT molecular complexity index is 358. The fourth-order valence-corrected chi connectivity index (χ4v) is 1.80. The number of hydrogen-bond acceptors (Lipinski definition) is 3. The summed E-state index contributed by atoms with van der Waals surface area (Å²) in [5, 5.41) is 0. The van der Waals surface area contributed by atoms with Gasteiger partial charge in [0.15, 0.2) is 0 Å². The van der Waals surface area contributed by atoms with Gasteiger partial charge in [-0.05, 0) is 0 Å². The van der Waals surface area contributed by atoms with Gasteiger partial charge in [0.05, 0.1) is 0 Å². The van der Waals surface area contributed by atoms with Crippen LogP contribution in [0.5, 0.6) is 0 Å². The number of benzene rings is 1. The van der Waals surface area contributed by atoms with E-state index in [4.69, 9.17) is 9.92 Å². The fourth-order valence-electron chi connectivity index (χ4n) is 0.675. The molecule has 0 bridgehead atoms. The molecule has 11 heavy (non-hydrogen) atoms. The standard InChI is InChI=1S/C6H7NO3Se/c7-5-2-1-3-6(4-5)11(8,9)10/h1-4H,7H2,(H,8,9,10). The number of anilines is 1. The van der Waals surface area contributed by atoms with Crippen LogP contribution in [0.1, 0.15) is 0 Å². The molecule has 0 aromatic heterocycles. The normalized spacial score (nSPS) is 11.4. The van der Waals surface area contributed by atoms with Crippen molar-refractivity contribution in [1.82, 2.24) is 0 Å². The van der Waals surface area contributed by atoms with Crippen LogP contribution >= 0.6 is 0 Å². The van der Waals surface area contributed by atoms with Crippen LogP contribution in [0.3, 0.4) is 0 Å². The molecule has 0 spiro atoms. The molecule has 1 aromatic carbocycles. The van der Waals surface area contributed by atoms with Crippen molar-refractivity contribution in [1.29, 1.82) is 0 Å². The van der Waals surface area contributed by atoms with Gasteiger partial charge in [-0.3, -0.25) is 0 Å². The first-order valence-corrected chi connectivity index (χ1v) is 5.85. The minimum absolute atomic E-state index is 0.110. The van der Waals surface area contributed by atoms with E-state index in [-0.39, 0.29) is 4.46 Å². The molecule has 1 rings (SSSR count). The third kappa shape index (κ3) is 2.01. The van der Waals surface area contributed by atoms with Crippen molar-refractivity contribution in [2.24, 2.45) is 0 Å². The van der Waals surface area contributed by atoms with Crippen LogP contribution in [-0.2, 0) is 7.67 Å². The zero-order valence-corrected chi connectivity index (χ0v) is 7.27. The molecule has 0 saturated heterocycles. The third-order valence-corrected chi connectivity index (χ3v) is 2.94. The van der Waals surface area contributed by atoms with Crippen molar-refractivity contribution < 1.29 is 11.9 Å². The second-order valence-electron chi connectivity index (χ2n) is 2.05. The Labute approximate surface area is 65.6 Å². The van der Waals surface area contributed by atoms with Gasteiger partial charge in [-0.2, -0.15) is 0 Å². The van der Waals surface area contributed by atoms with E-state index in [1.165, 1.54) is 18.2 Å². The molecule has 0 aliphatic rings. The first-order valence-electron chi connectivity index (χ1n) is 2.83. The number of nitrogens with two attached hydrogens (primary N) is 1. The molecule has 0 saturated carbocycles. The van der Waals surface area contributed by atoms with Crippen LogP contribution in [0.15, 0.2) is 24.3 Å². The van der Waals surface area contributed by atoms with Gasteiger partial charge in [0.2, 0.25) is 0 Å². The molecule has 3 N–H and O–H groups in total. The second kappa shape index (κ2) is 2.62. The van der Waals surface area contributed by atoms with Gasteiger partial charge in [0.25, 0.3) is 0 Å². The maximum absolute atomic E-state index is 10.6. The zero-order valence-electron chi connectivity index (χ0n) is 5.56. The Balaban J connectivity index is 3.28. The Hall–Kier alpha value is -0.901. The van der Waals surface area contributed by atoms with E-state index in [2.05, 4.69) is 0 Å². The molecule has 0 fully saturated rings. The second-order valence-corrected chi connectivity index (χ2v) is 5.03. The summed E-state index contributed by atoms with van der Waals surface area (Å²) in [6.45, 7) is 0. The van der Waals surface area contributed by atoms with Crippen molar-refractivity contribution in [2.45, 2.75) is 0 Å². The summed E-state index contributed by atoms with van der Waals surface area (Å²) in [4.78, 5) is 0. The zero-order chi connectivity index (χ0) is 8.48.